The van der Waals surface area contributed by atoms with Gasteiger partial charge in [-0.25, -0.2) is 4.39 Å². The Morgan fingerprint density at radius 3 is 2.64 bits per heavy atom. The van der Waals surface area contributed by atoms with E-state index in [0.29, 0.717) is 0 Å². The van der Waals surface area contributed by atoms with Crippen molar-refractivity contribution in [3.63, 3.8) is 0 Å². The third kappa shape index (κ3) is 3.54. The summed E-state index contributed by atoms with van der Waals surface area (Å²) >= 11 is 0. The van der Waals surface area contributed by atoms with E-state index in [1.807, 2.05) is 0 Å². The van der Waals surface area contributed by atoms with E-state index >= 15 is 0 Å². The molecule has 0 aliphatic heterocycles. The van der Waals surface area contributed by atoms with Crippen LogP contribution in [-0.4, -0.2) is 12.3 Å². The number of rotatable bonds is 3. The van der Waals surface area contributed by atoms with Gasteiger partial charge in [0.2, 0.25) is 0 Å². The van der Waals surface area contributed by atoms with Gasteiger partial charge in [0.15, 0.2) is 18.2 Å². The summed E-state index contributed by atoms with van der Waals surface area (Å²) in [5.41, 5.74) is -2.27. The van der Waals surface area contributed by atoms with E-state index in [2.05, 4.69) is 4.74 Å². The van der Waals surface area contributed by atoms with E-state index in [9.17, 15) is 13.2 Å². The number of aryl methyl sites for hydroxylation is 1. The molecule has 78 valence electrons. The smallest absolute Gasteiger partial charge is 0.292 e. The quantitative estimate of drug-likeness (QED) is 0.714. The first-order valence-electron chi connectivity index (χ1n) is 3.94. The van der Waals surface area contributed by atoms with Crippen LogP contribution in [0.25, 0.3) is 0 Å². The molecule has 0 aromatic heterocycles. The molecule has 0 radical (unpaired) electrons. The van der Waals surface area contributed by atoms with Crippen molar-refractivity contribution in [2.24, 2.45) is 0 Å². The molecule has 0 aliphatic rings. The molecule has 0 fully saturated rings. The summed E-state index contributed by atoms with van der Waals surface area (Å²) < 4.78 is 42.3. The number of halogens is 3. The molecule has 1 unspecified atom stereocenters. The molecule has 1 aromatic rings. The number of hydrogen-bond acceptors (Lipinski definition) is 1. The normalized spacial score (nSPS) is 11.5. The average Bonchev–Trinajstić information content (AvgIpc) is 2.05. The standard InChI is InChI=1S/C9H10F3OP/c1-6-2-3-7(10)8(4-6)13-5-9(11,12)14/h2-4H,5,14H2,1H3. The van der Waals surface area contributed by atoms with Gasteiger partial charge in [-0.2, -0.15) is 8.78 Å². The second-order valence-corrected chi connectivity index (χ2v) is 3.83. The van der Waals surface area contributed by atoms with Gasteiger partial charge in [0.25, 0.3) is 5.66 Å². The Morgan fingerprint density at radius 1 is 1.43 bits per heavy atom. The molecule has 0 saturated heterocycles. The lowest BCUT2D eigenvalue weighted by molar-refractivity contribution is 0.0446. The molecular weight excluding hydrogens is 212 g/mol. The van der Waals surface area contributed by atoms with E-state index in [0.717, 1.165) is 5.56 Å². The van der Waals surface area contributed by atoms with Crippen LogP contribution in [0, 0.1) is 12.7 Å². The highest BCUT2D eigenvalue weighted by Gasteiger charge is 2.22. The van der Waals surface area contributed by atoms with Crippen LogP contribution in [0.3, 0.4) is 0 Å². The molecular formula is C9H10F3OP. The average molecular weight is 222 g/mol. The van der Waals surface area contributed by atoms with Crippen LogP contribution in [0.4, 0.5) is 13.2 Å². The Balaban J connectivity index is 2.72. The highest BCUT2D eigenvalue weighted by atomic mass is 31.0. The first-order valence-corrected chi connectivity index (χ1v) is 4.52. The fraction of sp³-hybridized carbons (Fsp3) is 0.333. The fourth-order valence-electron chi connectivity index (χ4n) is 0.895. The monoisotopic (exact) mass is 222 g/mol. The van der Waals surface area contributed by atoms with Gasteiger partial charge in [0.1, 0.15) is 0 Å². The summed E-state index contributed by atoms with van der Waals surface area (Å²) in [4.78, 5) is 0. The zero-order valence-corrected chi connectivity index (χ0v) is 8.71. The van der Waals surface area contributed by atoms with Crippen LogP contribution in [0.2, 0.25) is 0 Å². The zero-order valence-electron chi connectivity index (χ0n) is 7.56. The summed E-state index contributed by atoms with van der Waals surface area (Å²) in [5, 5.41) is 0. The van der Waals surface area contributed by atoms with E-state index in [4.69, 9.17) is 0 Å². The predicted molar refractivity (Wildman–Crippen MR) is 51.3 cm³/mol. The molecule has 0 heterocycles. The maximum atomic E-state index is 13.0. The van der Waals surface area contributed by atoms with Gasteiger partial charge in [-0.05, 0) is 24.6 Å². The van der Waals surface area contributed by atoms with Gasteiger partial charge in [-0.1, -0.05) is 15.3 Å². The van der Waals surface area contributed by atoms with Crippen molar-refractivity contribution in [2.75, 3.05) is 6.61 Å². The Morgan fingerprint density at radius 2 is 2.07 bits per heavy atom. The molecule has 1 nitrogen and oxygen atoms in total. The zero-order chi connectivity index (χ0) is 10.8. The van der Waals surface area contributed by atoms with Crippen LogP contribution in [-0.2, 0) is 0 Å². The highest BCUT2D eigenvalue weighted by molar-refractivity contribution is 7.18. The van der Waals surface area contributed by atoms with Crippen LogP contribution in [0.15, 0.2) is 18.2 Å². The van der Waals surface area contributed by atoms with Crippen molar-refractivity contribution in [3.8, 4) is 5.75 Å². The van der Waals surface area contributed by atoms with Gasteiger partial charge in [-0.3, -0.25) is 0 Å². The van der Waals surface area contributed by atoms with Crippen molar-refractivity contribution in [3.05, 3.63) is 29.6 Å². The van der Waals surface area contributed by atoms with Gasteiger partial charge < -0.3 is 4.74 Å². The Labute approximate surface area is 82.5 Å². The van der Waals surface area contributed by atoms with Gasteiger partial charge >= 0.3 is 0 Å². The third-order valence-electron chi connectivity index (χ3n) is 1.51. The lowest BCUT2D eigenvalue weighted by atomic mass is 10.2. The molecule has 14 heavy (non-hydrogen) atoms. The van der Waals surface area contributed by atoms with E-state index < -0.39 is 18.1 Å². The molecule has 0 amide bonds. The molecule has 0 bridgehead atoms. The molecule has 0 spiro atoms. The van der Waals surface area contributed by atoms with Crippen molar-refractivity contribution >= 4 is 9.24 Å². The van der Waals surface area contributed by atoms with Crippen molar-refractivity contribution in [2.45, 2.75) is 12.6 Å². The predicted octanol–water partition coefficient (Wildman–Crippen LogP) is 2.98. The summed E-state index contributed by atoms with van der Waals surface area (Å²) in [6.45, 7) is 0.878. The van der Waals surface area contributed by atoms with Crippen LogP contribution < -0.4 is 4.74 Å². The highest BCUT2D eigenvalue weighted by Crippen LogP contribution is 2.25. The first-order chi connectivity index (χ1) is 6.38. The molecule has 1 atom stereocenters. The topological polar surface area (TPSA) is 9.23 Å². The van der Waals surface area contributed by atoms with Crippen LogP contribution in [0.1, 0.15) is 5.56 Å². The Kier molecular flexibility index (Phi) is 3.38. The minimum Gasteiger partial charge on any atom is -0.484 e. The minimum absolute atomic E-state index is 0.146. The first kappa shape index (κ1) is 11.3. The lowest BCUT2D eigenvalue weighted by Gasteiger charge is -2.12. The maximum absolute atomic E-state index is 13.0. The summed E-state index contributed by atoms with van der Waals surface area (Å²) in [6.07, 6.45) is 0. The molecule has 5 heteroatoms. The van der Waals surface area contributed by atoms with Crippen molar-refractivity contribution in [1.82, 2.24) is 0 Å². The lowest BCUT2D eigenvalue weighted by Crippen LogP contribution is -2.17. The van der Waals surface area contributed by atoms with Crippen LogP contribution in [0.5, 0.6) is 5.75 Å². The fourth-order valence-corrected chi connectivity index (χ4v) is 0.978. The molecule has 1 rings (SSSR count). The van der Waals surface area contributed by atoms with E-state index in [1.165, 1.54) is 21.4 Å². The second-order valence-electron chi connectivity index (χ2n) is 2.98. The molecule has 0 saturated carbocycles. The minimum atomic E-state index is -3.03. The van der Waals surface area contributed by atoms with Gasteiger partial charge in [0.05, 0.1) is 0 Å². The molecule has 0 aliphatic carbocycles. The largest absolute Gasteiger partial charge is 0.484 e. The Bertz CT molecular complexity index is 322. The molecule has 1 aromatic carbocycles. The van der Waals surface area contributed by atoms with Crippen LogP contribution >= 0.6 is 9.24 Å². The number of alkyl halides is 2. The van der Waals surface area contributed by atoms with E-state index in [-0.39, 0.29) is 5.75 Å². The van der Waals surface area contributed by atoms with Crippen molar-refractivity contribution < 1.29 is 17.9 Å². The maximum Gasteiger partial charge on any atom is 0.292 e. The second kappa shape index (κ2) is 4.18. The number of ether oxygens (including phenoxy) is 1. The van der Waals surface area contributed by atoms with Gasteiger partial charge in [-0.15, -0.1) is 0 Å². The molecule has 0 N–H and O–H groups in total. The summed E-state index contributed by atoms with van der Waals surface area (Å²) in [6, 6.07) is 4.11. The van der Waals surface area contributed by atoms with Crippen molar-refractivity contribution in [1.29, 1.82) is 0 Å². The van der Waals surface area contributed by atoms with E-state index in [1.54, 1.807) is 13.0 Å². The summed E-state index contributed by atoms with van der Waals surface area (Å²) in [7, 11) is 1.33. The number of benzene rings is 1. The summed E-state index contributed by atoms with van der Waals surface area (Å²) in [5.74, 6) is -0.781. The third-order valence-corrected chi connectivity index (χ3v) is 1.67. The SMILES string of the molecule is Cc1ccc(F)c(OCC(F)(F)P)c1. The van der Waals surface area contributed by atoms with Gasteiger partial charge in [0, 0.05) is 0 Å². The number of hydrogen-bond donors (Lipinski definition) is 0. The Hall–Kier alpha value is -0.760.